The Hall–Kier alpha value is -2.63. The Morgan fingerprint density at radius 2 is 2.00 bits per heavy atom. The smallest absolute Gasteiger partial charge is 0.271 e. The van der Waals surface area contributed by atoms with Gasteiger partial charge in [0.1, 0.15) is 5.75 Å². The van der Waals surface area contributed by atoms with E-state index in [4.69, 9.17) is 16.7 Å². The van der Waals surface area contributed by atoms with Crippen LogP contribution < -0.4 is 5.43 Å². The van der Waals surface area contributed by atoms with E-state index in [2.05, 4.69) is 10.5 Å². The van der Waals surface area contributed by atoms with E-state index in [1.54, 1.807) is 0 Å². The summed E-state index contributed by atoms with van der Waals surface area (Å²) in [6.45, 7) is 0.116. The van der Waals surface area contributed by atoms with Crippen LogP contribution in [-0.4, -0.2) is 28.9 Å². The number of benzene rings is 2. The van der Waals surface area contributed by atoms with E-state index in [0.717, 1.165) is 11.1 Å². The highest BCUT2D eigenvalue weighted by molar-refractivity contribution is 6.32. The zero-order valence-corrected chi connectivity index (χ0v) is 13.6. The van der Waals surface area contributed by atoms with Gasteiger partial charge in [-0.25, -0.2) is 5.43 Å². The molecule has 2 rings (SSSR count). The standard InChI is InChI=1S/C18H17ClN2O3/c19-16-11-15(7-8-17(16)23)18(24)21-20-12-14-6-3-5-13(10-14)4-1-2-9-22/h1,3-8,10-12,22-23H,2,9H2,(H,21,24). The van der Waals surface area contributed by atoms with Crippen molar-refractivity contribution in [2.45, 2.75) is 6.42 Å². The molecular weight excluding hydrogens is 328 g/mol. The number of halogens is 1. The first kappa shape index (κ1) is 17.7. The van der Waals surface area contributed by atoms with Gasteiger partial charge in [-0.05, 0) is 41.8 Å². The van der Waals surface area contributed by atoms with Crippen molar-refractivity contribution < 1.29 is 15.0 Å². The normalized spacial score (nSPS) is 11.2. The summed E-state index contributed by atoms with van der Waals surface area (Å²) >= 11 is 5.77. The average molecular weight is 345 g/mol. The second-order valence-electron chi connectivity index (χ2n) is 4.95. The number of hydrogen-bond donors (Lipinski definition) is 3. The lowest BCUT2D eigenvalue weighted by Crippen LogP contribution is -2.17. The van der Waals surface area contributed by atoms with Crippen molar-refractivity contribution in [2.75, 3.05) is 6.61 Å². The van der Waals surface area contributed by atoms with Crippen molar-refractivity contribution in [3.8, 4) is 5.75 Å². The summed E-state index contributed by atoms with van der Waals surface area (Å²) in [6.07, 6.45) is 5.92. The number of hydrogen-bond acceptors (Lipinski definition) is 4. The number of aromatic hydroxyl groups is 1. The second kappa shape index (κ2) is 8.86. The molecule has 0 unspecified atom stereocenters. The first-order valence-corrected chi connectivity index (χ1v) is 7.67. The fourth-order valence-corrected chi connectivity index (χ4v) is 2.10. The molecule has 2 aromatic rings. The van der Waals surface area contributed by atoms with Crippen LogP contribution in [0, 0.1) is 0 Å². The molecule has 0 aromatic heterocycles. The van der Waals surface area contributed by atoms with Crippen LogP contribution in [0.3, 0.4) is 0 Å². The highest BCUT2D eigenvalue weighted by Gasteiger charge is 2.07. The maximum absolute atomic E-state index is 11.9. The van der Waals surface area contributed by atoms with Crippen molar-refractivity contribution in [3.63, 3.8) is 0 Å². The minimum Gasteiger partial charge on any atom is -0.506 e. The van der Waals surface area contributed by atoms with Crippen molar-refractivity contribution in [1.29, 1.82) is 0 Å². The molecule has 124 valence electrons. The van der Waals surface area contributed by atoms with Crippen LogP contribution in [0.25, 0.3) is 6.08 Å². The van der Waals surface area contributed by atoms with E-state index in [0.29, 0.717) is 12.0 Å². The van der Waals surface area contributed by atoms with Gasteiger partial charge in [-0.2, -0.15) is 5.10 Å². The second-order valence-corrected chi connectivity index (χ2v) is 5.36. The number of phenolic OH excluding ortho intramolecular Hbond substituents is 1. The van der Waals surface area contributed by atoms with Crippen LogP contribution in [0.2, 0.25) is 5.02 Å². The Kier molecular flexibility index (Phi) is 6.54. The van der Waals surface area contributed by atoms with Gasteiger partial charge in [-0.3, -0.25) is 4.79 Å². The number of nitrogens with zero attached hydrogens (tertiary/aromatic N) is 1. The number of amides is 1. The molecule has 0 heterocycles. The van der Waals surface area contributed by atoms with Crippen molar-refractivity contribution in [2.24, 2.45) is 5.10 Å². The predicted octanol–water partition coefficient (Wildman–Crippen LogP) is 3.21. The number of phenols is 1. The van der Waals surface area contributed by atoms with Crippen LogP contribution in [0.5, 0.6) is 5.75 Å². The van der Waals surface area contributed by atoms with E-state index in [9.17, 15) is 9.90 Å². The molecule has 6 heteroatoms. The molecule has 0 saturated heterocycles. The fraction of sp³-hybridized carbons (Fsp3) is 0.111. The van der Waals surface area contributed by atoms with Gasteiger partial charge in [-0.1, -0.05) is 42.0 Å². The van der Waals surface area contributed by atoms with Gasteiger partial charge < -0.3 is 10.2 Å². The largest absolute Gasteiger partial charge is 0.506 e. The van der Waals surface area contributed by atoms with Gasteiger partial charge >= 0.3 is 0 Å². The third-order valence-electron chi connectivity index (χ3n) is 3.11. The number of carbonyl (C=O) groups is 1. The molecule has 3 N–H and O–H groups in total. The lowest BCUT2D eigenvalue weighted by molar-refractivity contribution is 0.0955. The minimum absolute atomic E-state index is 0.0808. The first-order chi connectivity index (χ1) is 11.6. The lowest BCUT2D eigenvalue weighted by atomic mass is 10.1. The van der Waals surface area contributed by atoms with E-state index in [1.165, 1.54) is 24.4 Å². The highest BCUT2D eigenvalue weighted by Crippen LogP contribution is 2.23. The molecule has 0 aliphatic rings. The monoisotopic (exact) mass is 344 g/mol. The summed E-state index contributed by atoms with van der Waals surface area (Å²) in [4.78, 5) is 11.9. The quantitative estimate of drug-likeness (QED) is 0.556. The molecule has 24 heavy (non-hydrogen) atoms. The third kappa shape index (κ3) is 5.22. The predicted molar refractivity (Wildman–Crippen MR) is 95.4 cm³/mol. The summed E-state index contributed by atoms with van der Waals surface area (Å²) in [5, 5.41) is 22.1. The molecule has 0 bridgehead atoms. The van der Waals surface area contributed by atoms with Crippen LogP contribution in [0.4, 0.5) is 0 Å². The Labute approximate surface area is 144 Å². The molecule has 0 aliphatic heterocycles. The minimum atomic E-state index is -0.424. The molecule has 0 spiro atoms. The van der Waals surface area contributed by atoms with Gasteiger partial charge in [0.2, 0.25) is 0 Å². The highest BCUT2D eigenvalue weighted by atomic mass is 35.5. The number of aliphatic hydroxyl groups excluding tert-OH is 1. The Morgan fingerprint density at radius 1 is 1.21 bits per heavy atom. The molecule has 2 aromatic carbocycles. The number of aliphatic hydroxyl groups is 1. The Balaban J connectivity index is 1.99. The fourth-order valence-electron chi connectivity index (χ4n) is 1.92. The molecule has 0 radical (unpaired) electrons. The number of hydrazone groups is 1. The summed E-state index contributed by atoms with van der Waals surface area (Å²) in [7, 11) is 0. The van der Waals surface area contributed by atoms with Crippen LogP contribution in [-0.2, 0) is 0 Å². The third-order valence-corrected chi connectivity index (χ3v) is 3.41. The summed E-state index contributed by atoms with van der Waals surface area (Å²) in [5.41, 5.74) is 4.51. The van der Waals surface area contributed by atoms with E-state index >= 15 is 0 Å². The van der Waals surface area contributed by atoms with E-state index in [1.807, 2.05) is 36.4 Å². The molecule has 0 fully saturated rings. The summed E-state index contributed by atoms with van der Waals surface area (Å²) in [5.74, 6) is -0.505. The summed E-state index contributed by atoms with van der Waals surface area (Å²) in [6, 6.07) is 11.7. The van der Waals surface area contributed by atoms with E-state index in [-0.39, 0.29) is 17.4 Å². The molecule has 0 atom stereocenters. The maximum Gasteiger partial charge on any atom is 0.271 e. The van der Waals surface area contributed by atoms with Crippen LogP contribution in [0.15, 0.2) is 53.6 Å². The topological polar surface area (TPSA) is 81.9 Å². The van der Waals surface area contributed by atoms with Gasteiger partial charge in [0.25, 0.3) is 5.91 Å². The van der Waals surface area contributed by atoms with Crippen molar-refractivity contribution in [3.05, 3.63) is 70.3 Å². The summed E-state index contributed by atoms with van der Waals surface area (Å²) < 4.78 is 0. The van der Waals surface area contributed by atoms with Crippen LogP contribution in [0.1, 0.15) is 27.9 Å². The number of rotatable bonds is 6. The van der Waals surface area contributed by atoms with Gasteiger partial charge in [0.15, 0.2) is 0 Å². The molecular formula is C18H17ClN2O3. The average Bonchev–Trinajstić information content (AvgIpc) is 2.58. The van der Waals surface area contributed by atoms with Crippen molar-refractivity contribution >= 4 is 29.8 Å². The molecule has 5 nitrogen and oxygen atoms in total. The molecule has 0 aliphatic carbocycles. The van der Waals surface area contributed by atoms with Crippen molar-refractivity contribution in [1.82, 2.24) is 5.43 Å². The van der Waals surface area contributed by atoms with E-state index < -0.39 is 5.91 Å². The zero-order chi connectivity index (χ0) is 17.4. The lowest BCUT2D eigenvalue weighted by Gasteiger charge is -2.02. The SMILES string of the molecule is O=C(NN=Cc1cccc(C=CCCO)c1)c1ccc(O)c(Cl)c1. The van der Waals surface area contributed by atoms with Gasteiger partial charge in [0.05, 0.1) is 11.2 Å². The zero-order valence-electron chi connectivity index (χ0n) is 12.8. The Morgan fingerprint density at radius 3 is 2.75 bits per heavy atom. The number of nitrogens with one attached hydrogen (secondary N) is 1. The van der Waals surface area contributed by atoms with Gasteiger partial charge in [-0.15, -0.1) is 0 Å². The molecule has 1 amide bonds. The first-order valence-electron chi connectivity index (χ1n) is 7.29. The van der Waals surface area contributed by atoms with Gasteiger partial charge in [0, 0.05) is 12.2 Å². The molecule has 0 saturated carbocycles. The maximum atomic E-state index is 11.9. The number of carbonyl (C=O) groups excluding carboxylic acids is 1. The Bertz CT molecular complexity index is 773. The van der Waals surface area contributed by atoms with Crippen LogP contribution >= 0.6 is 11.6 Å².